The number of ether oxygens (including phenoxy) is 1. The third-order valence-corrected chi connectivity index (χ3v) is 3.68. The van der Waals surface area contributed by atoms with Crippen LogP contribution in [0, 0.1) is 0 Å². The molecule has 0 heterocycles. The highest BCUT2D eigenvalue weighted by molar-refractivity contribution is 6.01. The maximum atomic E-state index is 12.0. The van der Waals surface area contributed by atoms with Gasteiger partial charge in [0.25, 0.3) is 0 Å². The van der Waals surface area contributed by atoms with E-state index in [1.54, 1.807) is 20.2 Å². The van der Waals surface area contributed by atoms with Crippen molar-refractivity contribution in [2.24, 2.45) is 0 Å². The highest BCUT2D eigenvalue weighted by atomic mass is 16.5. The molecule has 0 aliphatic heterocycles. The molecule has 0 bridgehead atoms. The molecule has 2 aromatic rings. The lowest BCUT2D eigenvalue weighted by atomic mass is 10.1. The molecule has 5 heteroatoms. The summed E-state index contributed by atoms with van der Waals surface area (Å²) in [6.45, 7) is 0. The van der Waals surface area contributed by atoms with Gasteiger partial charge in [-0.3, -0.25) is 9.59 Å². The SMILES string of the molecule is CNC(=O)CCc1ccc(NC(=O)/C=C/c2ccc(OC)cc2)cc1. The zero-order chi connectivity index (χ0) is 18.1. The van der Waals surface area contributed by atoms with Crippen LogP contribution in [0.5, 0.6) is 5.75 Å². The second-order valence-electron chi connectivity index (χ2n) is 5.47. The molecule has 0 saturated carbocycles. The van der Waals surface area contributed by atoms with Crippen LogP contribution in [0.3, 0.4) is 0 Å². The van der Waals surface area contributed by atoms with E-state index in [0.717, 1.165) is 16.9 Å². The van der Waals surface area contributed by atoms with Crippen LogP contribution in [-0.2, 0) is 16.0 Å². The van der Waals surface area contributed by atoms with Crippen LogP contribution in [0.1, 0.15) is 17.5 Å². The Morgan fingerprint density at radius 1 is 1.04 bits per heavy atom. The van der Waals surface area contributed by atoms with E-state index in [4.69, 9.17) is 4.74 Å². The van der Waals surface area contributed by atoms with Crippen molar-refractivity contribution < 1.29 is 14.3 Å². The highest BCUT2D eigenvalue weighted by Gasteiger charge is 2.01. The van der Waals surface area contributed by atoms with Gasteiger partial charge in [0.05, 0.1) is 7.11 Å². The summed E-state index contributed by atoms with van der Waals surface area (Å²) >= 11 is 0. The molecule has 0 radical (unpaired) electrons. The molecule has 0 spiro atoms. The predicted molar refractivity (Wildman–Crippen MR) is 99.5 cm³/mol. The number of hydrogen-bond donors (Lipinski definition) is 2. The number of nitrogens with one attached hydrogen (secondary N) is 2. The first-order chi connectivity index (χ1) is 12.1. The molecule has 0 saturated heterocycles. The van der Waals surface area contributed by atoms with Gasteiger partial charge >= 0.3 is 0 Å². The lowest BCUT2D eigenvalue weighted by Crippen LogP contribution is -2.17. The topological polar surface area (TPSA) is 67.4 Å². The first kappa shape index (κ1) is 18.3. The van der Waals surface area contributed by atoms with E-state index in [9.17, 15) is 9.59 Å². The third kappa shape index (κ3) is 6.14. The van der Waals surface area contributed by atoms with Gasteiger partial charge in [0, 0.05) is 25.2 Å². The molecular weight excluding hydrogens is 316 g/mol. The number of anilines is 1. The minimum atomic E-state index is -0.200. The molecule has 130 valence electrons. The molecule has 2 amide bonds. The summed E-state index contributed by atoms with van der Waals surface area (Å²) in [5.41, 5.74) is 2.68. The Labute approximate surface area is 147 Å². The zero-order valence-corrected chi connectivity index (χ0v) is 14.4. The first-order valence-electron chi connectivity index (χ1n) is 8.03. The Bertz CT molecular complexity index is 735. The van der Waals surface area contributed by atoms with E-state index in [0.29, 0.717) is 18.5 Å². The summed E-state index contributed by atoms with van der Waals surface area (Å²) < 4.78 is 5.09. The Morgan fingerprint density at radius 2 is 1.72 bits per heavy atom. The lowest BCUT2D eigenvalue weighted by molar-refractivity contribution is -0.120. The average Bonchev–Trinajstić information content (AvgIpc) is 2.66. The average molecular weight is 338 g/mol. The molecular formula is C20H22N2O3. The second-order valence-corrected chi connectivity index (χ2v) is 5.47. The minimum Gasteiger partial charge on any atom is -0.497 e. The van der Waals surface area contributed by atoms with Crippen molar-refractivity contribution in [1.82, 2.24) is 5.32 Å². The molecule has 5 nitrogen and oxygen atoms in total. The number of carbonyl (C=O) groups is 2. The third-order valence-electron chi connectivity index (χ3n) is 3.68. The summed E-state index contributed by atoms with van der Waals surface area (Å²) in [7, 11) is 3.24. The smallest absolute Gasteiger partial charge is 0.248 e. The molecule has 0 aromatic heterocycles. The molecule has 0 fully saturated rings. The number of amides is 2. The van der Waals surface area contributed by atoms with Crippen LogP contribution in [-0.4, -0.2) is 26.0 Å². The van der Waals surface area contributed by atoms with E-state index < -0.39 is 0 Å². The van der Waals surface area contributed by atoms with Gasteiger partial charge in [-0.05, 0) is 47.9 Å². The van der Waals surface area contributed by atoms with E-state index in [-0.39, 0.29) is 11.8 Å². The van der Waals surface area contributed by atoms with Gasteiger partial charge in [-0.25, -0.2) is 0 Å². The maximum absolute atomic E-state index is 12.0. The number of carbonyl (C=O) groups excluding carboxylic acids is 2. The number of methoxy groups -OCH3 is 1. The Morgan fingerprint density at radius 3 is 2.32 bits per heavy atom. The summed E-state index contributed by atoms with van der Waals surface area (Å²) in [5, 5.41) is 5.40. The largest absolute Gasteiger partial charge is 0.497 e. The normalized spacial score (nSPS) is 10.5. The van der Waals surface area contributed by atoms with Gasteiger partial charge in [0.1, 0.15) is 5.75 Å². The maximum Gasteiger partial charge on any atom is 0.248 e. The molecule has 0 aliphatic carbocycles. The number of benzene rings is 2. The molecule has 2 rings (SSSR count). The van der Waals surface area contributed by atoms with Crippen molar-refractivity contribution in [1.29, 1.82) is 0 Å². The number of hydrogen-bond acceptors (Lipinski definition) is 3. The standard InChI is InChI=1S/C20H22N2O3/c1-21-19(23)13-7-15-3-9-17(10-4-15)22-20(24)14-8-16-5-11-18(25-2)12-6-16/h3-6,8-12,14H,7,13H2,1-2H3,(H,21,23)(H,22,24)/b14-8+. The summed E-state index contributed by atoms with van der Waals surface area (Å²) in [5.74, 6) is 0.591. The van der Waals surface area contributed by atoms with Crippen molar-refractivity contribution in [3.05, 3.63) is 65.7 Å². The summed E-state index contributed by atoms with van der Waals surface area (Å²) in [4.78, 5) is 23.2. The summed E-state index contributed by atoms with van der Waals surface area (Å²) in [6.07, 6.45) is 4.35. The monoisotopic (exact) mass is 338 g/mol. The fourth-order valence-electron chi connectivity index (χ4n) is 2.21. The van der Waals surface area contributed by atoms with E-state index in [2.05, 4.69) is 10.6 Å². The van der Waals surface area contributed by atoms with Crippen LogP contribution in [0.25, 0.3) is 6.08 Å². The van der Waals surface area contributed by atoms with Gasteiger partial charge in [0.2, 0.25) is 11.8 Å². The van der Waals surface area contributed by atoms with E-state index in [1.807, 2.05) is 48.5 Å². The van der Waals surface area contributed by atoms with Crippen molar-refractivity contribution in [2.75, 3.05) is 19.5 Å². The number of aryl methyl sites for hydroxylation is 1. The van der Waals surface area contributed by atoms with E-state index in [1.165, 1.54) is 6.08 Å². The second kappa shape index (κ2) is 9.27. The molecule has 2 N–H and O–H groups in total. The Kier molecular flexibility index (Phi) is 6.77. The Hall–Kier alpha value is -3.08. The molecule has 2 aromatic carbocycles. The molecule has 25 heavy (non-hydrogen) atoms. The van der Waals surface area contributed by atoms with Crippen LogP contribution in [0.15, 0.2) is 54.6 Å². The summed E-state index contributed by atoms with van der Waals surface area (Å²) in [6, 6.07) is 14.9. The van der Waals surface area contributed by atoms with Crippen molar-refractivity contribution in [3.63, 3.8) is 0 Å². The van der Waals surface area contributed by atoms with Crippen molar-refractivity contribution in [2.45, 2.75) is 12.8 Å². The van der Waals surface area contributed by atoms with Crippen LogP contribution in [0.2, 0.25) is 0 Å². The predicted octanol–water partition coefficient (Wildman–Crippen LogP) is 3.03. The molecule has 0 atom stereocenters. The molecule has 0 unspecified atom stereocenters. The van der Waals surface area contributed by atoms with Crippen LogP contribution in [0.4, 0.5) is 5.69 Å². The highest BCUT2D eigenvalue weighted by Crippen LogP contribution is 2.13. The van der Waals surface area contributed by atoms with Gasteiger partial charge in [-0.1, -0.05) is 24.3 Å². The van der Waals surface area contributed by atoms with Crippen molar-refractivity contribution in [3.8, 4) is 5.75 Å². The fraction of sp³-hybridized carbons (Fsp3) is 0.200. The fourth-order valence-corrected chi connectivity index (χ4v) is 2.21. The number of rotatable bonds is 7. The van der Waals surface area contributed by atoms with Gasteiger partial charge in [0.15, 0.2) is 0 Å². The van der Waals surface area contributed by atoms with Gasteiger partial charge in [-0.15, -0.1) is 0 Å². The first-order valence-corrected chi connectivity index (χ1v) is 8.03. The zero-order valence-electron chi connectivity index (χ0n) is 14.4. The molecule has 0 aliphatic rings. The van der Waals surface area contributed by atoms with Gasteiger partial charge < -0.3 is 15.4 Å². The van der Waals surface area contributed by atoms with Crippen molar-refractivity contribution >= 4 is 23.6 Å². The lowest BCUT2D eigenvalue weighted by Gasteiger charge is -2.05. The Balaban J connectivity index is 1.87. The van der Waals surface area contributed by atoms with E-state index >= 15 is 0 Å². The quantitative estimate of drug-likeness (QED) is 0.763. The van der Waals surface area contributed by atoms with Gasteiger partial charge in [-0.2, -0.15) is 0 Å². The van der Waals surface area contributed by atoms with Crippen LogP contribution >= 0.6 is 0 Å². The minimum absolute atomic E-state index is 0.0149. The van der Waals surface area contributed by atoms with Crippen LogP contribution < -0.4 is 15.4 Å².